The van der Waals surface area contributed by atoms with E-state index in [2.05, 4.69) is 5.32 Å². The molecule has 1 aliphatic heterocycles. The van der Waals surface area contributed by atoms with E-state index in [4.69, 9.17) is 0 Å². The van der Waals surface area contributed by atoms with Crippen LogP contribution in [0.5, 0.6) is 0 Å². The van der Waals surface area contributed by atoms with Gasteiger partial charge in [0.1, 0.15) is 13.1 Å². The first-order valence-corrected chi connectivity index (χ1v) is 7.70. The third kappa shape index (κ3) is 5.91. The van der Waals surface area contributed by atoms with E-state index >= 15 is 0 Å². The van der Waals surface area contributed by atoms with Crippen LogP contribution in [0.2, 0.25) is 0 Å². The van der Waals surface area contributed by atoms with E-state index in [0.717, 1.165) is 22.4 Å². The second-order valence-corrected chi connectivity index (χ2v) is 6.05. The molecule has 1 saturated heterocycles. The molecule has 25 heavy (non-hydrogen) atoms. The normalized spacial score (nSPS) is 13.3. The van der Waals surface area contributed by atoms with Crippen LogP contribution in [0.3, 0.4) is 0 Å². The number of benzene rings is 1. The summed E-state index contributed by atoms with van der Waals surface area (Å²) < 4.78 is 0. The highest BCUT2D eigenvalue weighted by molar-refractivity contribution is 6.06. The Kier molecular flexibility index (Phi) is 7.10. The third-order valence-electron chi connectivity index (χ3n) is 3.40. The number of rotatable bonds is 4. The number of imide groups is 1. The summed E-state index contributed by atoms with van der Waals surface area (Å²) >= 11 is 0. The van der Waals surface area contributed by atoms with E-state index in [-0.39, 0.29) is 24.9 Å². The first-order chi connectivity index (χ1) is 11.6. The van der Waals surface area contributed by atoms with E-state index < -0.39 is 6.03 Å². The number of urea groups is 1. The molecule has 1 fully saturated rings. The summed E-state index contributed by atoms with van der Waals surface area (Å²) in [6.45, 7) is 3.63. The van der Waals surface area contributed by atoms with Crippen LogP contribution in [-0.2, 0) is 14.4 Å². The largest absolute Gasteiger partial charge is 0.351 e. The molecular formula is C17H24N4O4. The average molecular weight is 348 g/mol. The SMILES string of the molecule is CN(C)C=O.Cc1ccc(NC(=O)CN2C(=O)CN(C)C2=O)c(C)c1. The first-order valence-electron chi connectivity index (χ1n) is 7.70. The monoisotopic (exact) mass is 348 g/mol. The Balaban J connectivity index is 0.000000550. The number of amides is 5. The number of nitrogens with one attached hydrogen (secondary N) is 1. The molecule has 1 N–H and O–H groups in total. The lowest BCUT2D eigenvalue weighted by Crippen LogP contribution is -2.38. The van der Waals surface area contributed by atoms with Crippen LogP contribution in [0.25, 0.3) is 0 Å². The number of nitrogens with zero attached hydrogens (tertiary/aromatic N) is 3. The zero-order valence-corrected chi connectivity index (χ0v) is 15.2. The van der Waals surface area contributed by atoms with Gasteiger partial charge in [0, 0.05) is 26.8 Å². The van der Waals surface area contributed by atoms with E-state index in [1.807, 2.05) is 32.0 Å². The molecule has 8 nitrogen and oxygen atoms in total. The number of carbonyl (C=O) groups excluding carboxylic acids is 4. The van der Waals surface area contributed by atoms with Crippen LogP contribution >= 0.6 is 0 Å². The maximum absolute atomic E-state index is 11.9. The quantitative estimate of drug-likeness (QED) is 0.645. The van der Waals surface area contributed by atoms with Gasteiger partial charge in [-0.25, -0.2) is 4.79 Å². The summed E-state index contributed by atoms with van der Waals surface area (Å²) in [5.74, 6) is -0.734. The van der Waals surface area contributed by atoms with Crippen molar-refractivity contribution in [2.45, 2.75) is 13.8 Å². The van der Waals surface area contributed by atoms with Gasteiger partial charge < -0.3 is 15.1 Å². The maximum atomic E-state index is 11.9. The molecule has 5 amide bonds. The Labute approximate surface area is 147 Å². The fraction of sp³-hybridized carbons (Fsp3) is 0.412. The number of hydrogen-bond acceptors (Lipinski definition) is 4. The summed E-state index contributed by atoms with van der Waals surface area (Å²) in [4.78, 5) is 48.3. The van der Waals surface area contributed by atoms with Gasteiger partial charge in [0.05, 0.1) is 0 Å². The van der Waals surface area contributed by atoms with Crippen LogP contribution in [0.4, 0.5) is 10.5 Å². The molecule has 0 atom stereocenters. The summed E-state index contributed by atoms with van der Waals surface area (Å²) in [7, 11) is 4.91. The minimum absolute atomic E-state index is 0.0235. The molecule has 1 aliphatic rings. The highest BCUT2D eigenvalue weighted by atomic mass is 16.2. The van der Waals surface area contributed by atoms with E-state index in [9.17, 15) is 19.2 Å². The minimum atomic E-state index is -0.439. The van der Waals surface area contributed by atoms with Gasteiger partial charge in [-0.05, 0) is 25.5 Å². The molecule has 0 radical (unpaired) electrons. The predicted octanol–water partition coefficient (Wildman–Crippen LogP) is 0.840. The molecule has 1 heterocycles. The molecule has 8 heteroatoms. The van der Waals surface area contributed by atoms with E-state index in [1.165, 1.54) is 16.8 Å². The zero-order valence-electron chi connectivity index (χ0n) is 15.2. The van der Waals surface area contributed by atoms with Crippen LogP contribution < -0.4 is 5.32 Å². The molecule has 136 valence electrons. The van der Waals surface area contributed by atoms with Gasteiger partial charge in [0.15, 0.2) is 0 Å². The lowest BCUT2D eigenvalue weighted by atomic mass is 10.1. The van der Waals surface area contributed by atoms with Crippen molar-refractivity contribution in [3.8, 4) is 0 Å². The van der Waals surface area contributed by atoms with Gasteiger partial charge in [-0.3, -0.25) is 19.3 Å². The topological polar surface area (TPSA) is 90.0 Å². The van der Waals surface area contributed by atoms with Crippen molar-refractivity contribution in [3.05, 3.63) is 29.3 Å². The van der Waals surface area contributed by atoms with Gasteiger partial charge in [-0.2, -0.15) is 0 Å². The fourth-order valence-corrected chi connectivity index (χ4v) is 2.11. The Morgan fingerprint density at radius 2 is 1.88 bits per heavy atom. The second kappa shape index (κ2) is 8.81. The van der Waals surface area contributed by atoms with Crippen molar-refractivity contribution in [3.63, 3.8) is 0 Å². The van der Waals surface area contributed by atoms with E-state index in [1.54, 1.807) is 14.1 Å². The van der Waals surface area contributed by atoms with Crippen molar-refractivity contribution in [2.75, 3.05) is 39.5 Å². The lowest BCUT2D eigenvalue weighted by molar-refractivity contribution is -0.129. The molecule has 1 aromatic carbocycles. The van der Waals surface area contributed by atoms with Gasteiger partial charge in [-0.1, -0.05) is 17.7 Å². The number of hydrogen-bond donors (Lipinski definition) is 1. The summed E-state index contributed by atoms with van der Waals surface area (Å²) in [6, 6.07) is 5.21. The Hall–Kier alpha value is -2.90. The van der Waals surface area contributed by atoms with Gasteiger partial charge in [0.25, 0.3) is 5.91 Å². The summed E-state index contributed by atoms with van der Waals surface area (Å²) in [5, 5.41) is 2.72. The zero-order chi connectivity index (χ0) is 19.1. The molecule has 0 aromatic heterocycles. The van der Waals surface area contributed by atoms with Crippen molar-refractivity contribution in [2.24, 2.45) is 0 Å². The number of likely N-dealkylation sites (N-methyl/N-ethyl adjacent to an activating group) is 1. The fourth-order valence-electron chi connectivity index (χ4n) is 2.11. The Morgan fingerprint density at radius 1 is 1.28 bits per heavy atom. The van der Waals surface area contributed by atoms with Gasteiger partial charge in [0.2, 0.25) is 12.3 Å². The standard InChI is InChI=1S/C14H17N3O3.C3H7NO/c1-9-4-5-11(10(2)6-9)15-12(18)7-17-13(19)8-16(3)14(17)20;1-4(2)3-5/h4-6H,7-8H2,1-3H3,(H,15,18);3H,1-2H3. The second-order valence-electron chi connectivity index (χ2n) is 6.05. The Bertz CT molecular complexity index is 673. The average Bonchev–Trinajstić information content (AvgIpc) is 2.77. The Morgan fingerprint density at radius 3 is 2.32 bits per heavy atom. The molecule has 0 spiro atoms. The molecule has 0 bridgehead atoms. The van der Waals surface area contributed by atoms with Crippen molar-refractivity contribution in [1.82, 2.24) is 14.7 Å². The lowest BCUT2D eigenvalue weighted by Gasteiger charge is -2.14. The smallest absolute Gasteiger partial charge is 0.327 e. The number of carbonyl (C=O) groups is 4. The van der Waals surface area contributed by atoms with Crippen LogP contribution in [0.1, 0.15) is 11.1 Å². The van der Waals surface area contributed by atoms with Gasteiger partial charge >= 0.3 is 6.03 Å². The number of aryl methyl sites for hydroxylation is 2. The highest BCUT2D eigenvalue weighted by Gasteiger charge is 2.34. The molecule has 0 aliphatic carbocycles. The number of anilines is 1. The first kappa shape index (κ1) is 20.1. The van der Waals surface area contributed by atoms with Crippen LogP contribution in [-0.4, -0.2) is 73.2 Å². The molecule has 1 aromatic rings. The third-order valence-corrected chi connectivity index (χ3v) is 3.40. The van der Waals surface area contributed by atoms with Crippen molar-refractivity contribution >= 4 is 29.9 Å². The highest BCUT2D eigenvalue weighted by Crippen LogP contribution is 2.16. The van der Waals surface area contributed by atoms with Crippen molar-refractivity contribution < 1.29 is 19.2 Å². The van der Waals surface area contributed by atoms with E-state index in [0.29, 0.717) is 5.69 Å². The predicted molar refractivity (Wildman–Crippen MR) is 94.0 cm³/mol. The summed E-state index contributed by atoms with van der Waals surface area (Å²) in [6.07, 6.45) is 0.750. The van der Waals surface area contributed by atoms with Crippen LogP contribution in [0.15, 0.2) is 18.2 Å². The minimum Gasteiger partial charge on any atom is -0.351 e. The maximum Gasteiger partial charge on any atom is 0.327 e. The van der Waals surface area contributed by atoms with Gasteiger partial charge in [-0.15, -0.1) is 0 Å². The molecule has 2 rings (SSSR count). The molecule has 0 saturated carbocycles. The van der Waals surface area contributed by atoms with Crippen LogP contribution in [0, 0.1) is 13.8 Å². The summed E-state index contributed by atoms with van der Waals surface area (Å²) in [5.41, 5.74) is 2.73. The molecule has 0 unspecified atom stereocenters. The molecular weight excluding hydrogens is 324 g/mol. The van der Waals surface area contributed by atoms with Crippen molar-refractivity contribution in [1.29, 1.82) is 0 Å².